The van der Waals surface area contributed by atoms with Gasteiger partial charge in [-0.05, 0) is 112 Å². The molecule has 0 amide bonds. The molecule has 3 nitrogen and oxygen atoms in total. The van der Waals surface area contributed by atoms with Crippen molar-refractivity contribution in [2.24, 2.45) is 39.9 Å². The summed E-state index contributed by atoms with van der Waals surface area (Å²) in [5.74, 6) is 2.45. The van der Waals surface area contributed by atoms with E-state index in [1.807, 2.05) is 31.1 Å². The van der Waals surface area contributed by atoms with Crippen molar-refractivity contribution in [2.45, 2.75) is 118 Å². The van der Waals surface area contributed by atoms with Gasteiger partial charge in [-0.1, -0.05) is 57.9 Å². The summed E-state index contributed by atoms with van der Waals surface area (Å²) in [6.07, 6.45) is 15.0. The Morgan fingerprint density at radius 1 is 1.06 bits per heavy atom. The topological polar surface area (TPSA) is 49.7 Å². The third-order valence-corrected chi connectivity index (χ3v) is 11.3. The van der Waals surface area contributed by atoms with Crippen molar-refractivity contribution in [3.05, 3.63) is 23.3 Å². The molecule has 8 atom stereocenters. The van der Waals surface area contributed by atoms with Gasteiger partial charge in [0.15, 0.2) is 0 Å². The maximum atomic E-state index is 10.6. The Balaban J connectivity index is 1.59. The van der Waals surface area contributed by atoms with Crippen molar-refractivity contribution in [1.29, 1.82) is 0 Å². The van der Waals surface area contributed by atoms with E-state index in [1.165, 1.54) is 44.9 Å². The average molecular weight is 445 g/mol. The highest BCUT2D eigenvalue weighted by molar-refractivity contribution is 5.38. The van der Waals surface area contributed by atoms with Crippen LogP contribution in [0.15, 0.2) is 23.3 Å². The van der Waals surface area contributed by atoms with E-state index in [0.29, 0.717) is 34.0 Å². The van der Waals surface area contributed by atoms with E-state index in [2.05, 4.69) is 45.6 Å². The fourth-order valence-corrected chi connectivity index (χ4v) is 9.01. The van der Waals surface area contributed by atoms with Gasteiger partial charge >= 0.3 is 0 Å². The molecule has 0 unspecified atom stereocenters. The van der Waals surface area contributed by atoms with Gasteiger partial charge in [-0.25, -0.2) is 4.89 Å². The van der Waals surface area contributed by atoms with Crippen molar-refractivity contribution in [3.8, 4) is 0 Å². The van der Waals surface area contributed by atoms with Gasteiger partial charge in [0.25, 0.3) is 0 Å². The molecule has 32 heavy (non-hydrogen) atoms. The van der Waals surface area contributed by atoms with Gasteiger partial charge in [0.05, 0.1) is 6.10 Å². The summed E-state index contributed by atoms with van der Waals surface area (Å²) in [6.45, 7) is 16.3. The molecule has 4 aliphatic rings. The average Bonchev–Trinajstić information content (AvgIpc) is 3.02. The first kappa shape index (κ1) is 24.5. The molecular weight excluding hydrogens is 396 g/mol. The summed E-state index contributed by atoms with van der Waals surface area (Å²) in [6, 6.07) is 0. The fraction of sp³-hybridized carbons (Fsp3) is 0.862. The van der Waals surface area contributed by atoms with Crippen molar-refractivity contribution in [2.75, 3.05) is 0 Å². The summed E-state index contributed by atoms with van der Waals surface area (Å²) in [5, 5.41) is 19.6. The first-order valence-electron chi connectivity index (χ1n) is 13.3. The Labute approximate surface area is 196 Å². The second-order valence-electron chi connectivity index (χ2n) is 13.2. The zero-order chi connectivity index (χ0) is 23.5. The first-order chi connectivity index (χ1) is 14.9. The van der Waals surface area contributed by atoms with E-state index in [-0.39, 0.29) is 6.10 Å². The quantitative estimate of drug-likeness (QED) is 0.261. The predicted molar refractivity (Wildman–Crippen MR) is 131 cm³/mol. The molecule has 0 radical (unpaired) electrons. The van der Waals surface area contributed by atoms with Crippen molar-refractivity contribution >= 4 is 0 Å². The minimum atomic E-state index is -0.614. The third-order valence-electron chi connectivity index (χ3n) is 11.3. The van der Waals surface area contributed by atoms with Crippen molar-refractivity contribution in [1.82, 2.24) is 0 Å². The van der Waals surface area contributed by atoms with Crippen LogP contribution in [0.1, 0.15) is 106 Å². The van der Waals surface area contributed by atoms with E-state index in [1.54, 1.807) is 0 Å². The minimum Gasteiger partial charge on any atom is -0.393 e. The monoisotopic (exact) mass is 444 g/mol. The van der Waals surface area contributed by atoms with Crippen molar-refractivity contribution in [3.63, 3.8) is 0 Å². The molecule has 182 valence electrons. The van der Waals surface area contributed by atoms with Crippen LogP contribution in [0.3, 0.4) is 0 Å². The van der Waals surface area contributed by atoms with Crippen LogP contribution >= 0.6 is 0 Å². The maximum Gasteiger partial charge on any atom is 0.116 e. The Morgan fingerprint density at radius 2 is 1.78 bits per heavy atom. The van der Waals surface area contributed by atoms with Crippen LogP contribution in [-0.4, -0.2) is 22.1 Å². The van der Waals surface area contributed by atoms with Gasteiger partial charge in [-0.2, -0.15) is 0 Å². The summed E-state index contributed by atoms with van der Waals surface area (Å²) in [7, 11) is 0. The lowest BCUT2D eigenvalue weighted by Gasteiger charge is -2.60. The number of rotatable bonds is 5. The molecule has 0 spiro atoms. The van der Waals surface area contributed by atoms with Gasteiger partial charge in [0.2, 0.25) is 0 Å². The smallest absolute Gasteiger partial charge is 0.116 e. The summed E-state index contributed by atoms with van der Waals surface area (Å²) in [4.78, 5) is 4.58. The van der Waals surface area contributed by atoms with Gasteiger partial charge in [-0.15, -0.1) is 0 Å². The van der Waals surface area contributed by atoms with E-state index < -0.39 is 5.60 Å². The number of hydrogen-bond donors (Lipinski definition) is 2. The number of aliphatic hydroxyl groups excluding tert-OH is 1. The highest BCUT2D eigenvalue weighted by atomic mass is 17.1. The Hall–Kier alpha value is -0.640. The third kappa shape index (κ3) is 3.57. The van der Waals surface area contributed by atoms with E-state index in [4.69, 9.17) is 5.26 Å². The summed E-state index contributed by atoms with van der Waals surface area (Å²) >= 11 is 0. The Bertz CT molecular complexity index is 781. The highest BCUT2D eigenvalue weighted by Gasteiger charge is 2.62. The normalized spacial score (nSPS) is 45.5. The van der Waals surface area contributed by atoms with Crippen LogP contribution in [0.2, 0.25) is 0 Å². The molecule has 0 aliphatic heterocycles. The molecule has 0 aromatic heterocycles. The van der Waals surface area contributed by atoms with Crippen LogP contribution in [0.25, 0.3) is 0 Å². The molecule has 0 bridgehead atoms. The first-order valence-corrected chi connectivity index (χ1v) is 13.3. The van der Waals surface area contributed by atoms with Crippen LogP contribution in [0.4, 0.5) is 0 Å². The van der Waals surface area contributed by atoms with Gasteiger partial charge in [0.1, 0.15) is 5.60 Å². The van der Waals surface area contributed by atoms with E-state index in [9.17, 15) is 5.11 Å². The molecule has 0 heterocycles. The van der Waals surface area contributed by atoms with Crippen LogP contribution in [-0.2, 0) is 4.89 Å². The zero-order valence-corrected chi connectivity index (χ0v) is 21.7. The van der Waals surface area contributed by atoms with Crippen molar-refractivity contribution < 1.29 is 15.3 Å². The predicted octanol–water partition coefficient (Wildman–Crippen LogP) is 7.56. The Morgan fingerprint density at radius 3 is 2.47 bits per heavy atom. The van der Waals surface area contributed by atoms with Gasteiger partial charge in [-0.3, -0.25) is 5.26 Å². The molecule has 0 aromatic carbocycles. The molecule has 3 heteroatoms. The largest absolute Gasteiger partial charge is 0.393 e. The minimum absolute atomic E-state index is 0.106. The molecule has 2 fully saturated rings. The van der Waals surface area contributed by atoms with Crippen LogP contribution in [0.5, 0.6) is 0 Å². The lowest BCUT2D eigenvalue weighted by atomic mass is 9.45. The zero-order valence-electron chi connectivity index (χ0n) is 21.7. The maximum absolute atomic E-state index is 10.6. The molecule has 2 saturated carbocycles. The second kappa shape index (κ2) is 8.24. The molecule has 2 N–H and O–H groups in total. The fourth-order valence-electron chi connectivity index (χ4n) is 9.01. The molecule has 4 rings (SSSR count). The standard InChI is InChI=1S/C29H48O3/c1-19(9-8-15-26(3,4)32-31)21-12-17-29(7)24-11-10-22-20(2)25(30)14-16-27(22,5)23(24)13-18-28(21,29)6/h8,15,19-22,25,30-31H,9-14,16-18H2,1-7H3/b15-8+/t19-,20+,21-,22+,25+,27+,28-,29+/m1/s1. The Kier molecular flexibility index (Phi) is 6.30. The van der Waals surface area contributed by atoms with Gasteiger partial charge < -0.3 is 5.11 Å². The van der Waals surface area contributed by atoms with E-state index >= 15 is 0 Å². The summed E-state index contributed by atoms with van der Waals surface area (Å²) in [5.41, 5.74) is 4.02. The molecule has 0 saturated heterocycles. The lowest BCUT2D eigenvalue weighted by molar-refractivity contribution is -0.297. The van der Waals surface area contributed by atoms with Crippen LogP contribution in [0, 0.1) is 39.9 Å². The number of hydrogen-bond acceptors (Lipinski definition) is 3. The summed E-state index contributed by atoms with van der Waals surface area (Å²) < 4.78 is 0. The SMILES string of the molecule is C[C@@H]1[C@@H](O)CC[C@]2(C)C3=C(CC[C@@H]12)[C@]1(C)CC[C@H]([C@H](C)C/C=C/C(C)(C)OO)[C@@]1(C)CC3. The van der Waals surface area contributed by atoms with Crippen LogP contribution < -0.4 is 0 Å². The molecular formula is C29H48O3. The lowest BCUT2D eigenvalue weighted by Crippen LogP contribution is -2.51. The van der Waals surface area contributed by atoms with Gasteiger partial charge in [0, 0.05) is 0 Å². The highest BCUT2D eigenvalue weighted by Crippen LogP contribution is 2.71. The molecule has 0 aromatic rings. The van der Waals surface area contributed by atoms with E-state index in [0.717, 1.165) is 18.8 Å². The molecule has 4 aliphatic carbocycles. The second-order valence-corrected chi connectivity index (χ2v) is 13.2. The number of fused-ring (bicyclic) bond motifs is 4. The number of allylic oxidation sites excluding steroid dienone is 3. The number of aliphatic hydroxyl groups is 1.